The Bertz CT molecular complexity index is 746. The molecule has 1 aromatic carbocycles. The van der Waals surface area contributed by atoms with Gasteiger partial charge >= 0.3 is 0 Å². The summed E-state index contributed by atoms with van der Waals surface area (Å²) in [5.74, 6) is -2.04. The van der Waals surface area contributed by atoms with Crippen molar-refractivity contribution in [2.24, 2.45) is 5.92 Å². The Morgan fingerprint density at radius 3 is 2.62 bits per heavy atom. The van der Waals surface area contributed by atoms with Crippen LogP contribution in [0.2, 0.25) is 0 Å². The topological polar surface area (TPSA) is 12.0 Å². The number of hydrogen-bond donors (Lipinski definition) is 1. The van der Waals surface area contributed by atoms with Crippen molar-refractivity contribution >= 4 is 12.9 Å². The number of fused-ring (bicyclic) bond motifs is 1. The Labute approximate surface area is 176 Å². The van der Waals surface area contributed by atoms with Gasteiger partial charge in [0, 0.05) is 5.70 Å². The van der Waals surface area contributed by atoms with Crippen LogP contribution in [-0.2, 0) is 12.7 Å². The summed E-state index contributed by atoms with van der Waals surface area (Å²) in [7, 11) is 2.17. The van der Waals surface area contributed by atoms with Crippen molar-refractivity contribution in [3.8, 4) is 0 Å². The Kier molecular flexibility index (Phi) is 8.30. The zero-order valence-corrected chi connectivity index (χ0v) is 18.3. The van der Waals surface area contributed by atoms with Crippen LogP contribution in [0.15, 0.2) is 49.2 Å². The molecule has 0 bridgehead atoms. The van der Waals surface area contributed by atoms with Crippen molar-refractivity contribution in [2.45, 2.75) is 77.5 Å². The van der Waals surface area contributed by atoms with E-state index in [0.29, 0.717) is 11.6 Å². The molecule has 0 aromatic heterocycles. The van der Waals surface area contributed by atoms with E-state index in [1.807, 2.05) is 0 Å². The number of allylic oxidation sites excluding steroid dienone is 3. The summed E-state index contributed by atoms with van der Waals surface area (Å²) >= 11 is 0. The molecule has 1 radical (unpaired) electrons. The second-order valence-electron chi connectivity index (χ2n) is 8.99. The summed E-state index contributed by atoms with van der Waals surface area (Å²) in [6.07, 6.45) is 5.46. The third kappa shape index (κ3) is 7.83. The van der Waals surface area contributed by atoms with E-state index in [-0.39, 0.29) is 12.4 Å². The summed E-state index contributed by atoms with van der Waals surface area (Å²) in [5, 5.41) is 3.17. The third-order valence-corrected chi connectivity index (χ3v) is 5.32. The highest BCUT2D eigenvalue weighted by atomic mass is 19.3. The van der Waals surface area contributed by atoms with Crippen LogP contribution >= 0.6 is 0 Å². The van der Waals surface area contributed by atoms with E-state index in [4.69, 9.17) is 0 Å². The number of benzene rings is 1. The number of halogens is 2. The molecule has 1 aromatic rings. The maximum Gasteiger partial charge on any atom is 0.250 e. The van der Waals surface area contributed by atoms with Crippen molar-refractivity contribution in [1.82, 2.24) is 5.32 Å². The van der Waals surface area contributed by atoms with Gasteiger partial charge < -0.3 is 5.32 Å². The first-order valence-electron chi connectivity index (χ1n) is 10.7. The van der Waals surface area contributed by atoms with Crippen LogP contribution in [0.25, 0.3) is 5.57 Å². The highest BCUT2D eigenvalue weighted by Gasteiger charge is 2.26. The Morgan fingerprint density at radius 2 is 1.97 bits per heavy atom. The molecule has 1 heterocycles. The molecule has 1 unspecified atom stereocenters. The van der Waals surface area contributed by atoms with Crippen LogP contribution < -0.4 is 5.32 Å². The van der Waals surface area contributed by atoms with Gasteiger partial charge in [-0.3, -0.25) is 0 Å². The Balaban J connectivity index is 1.93. The molecule has 1 atom stereocenters. The van der Waals surface area contributed by atoms with Gasteiger partial charge in [0.1, 0.15) is 7.28 Å². The lowest BCUT2D eigenvalue weighted by Crippen LogP contribution is -2.41. The van der Waals surface area contributed by atoms with E-state index in [2.05, 4.69) is 64.4 Å². The minimum Gasteiger partial charge on any atom is -0.394 e. The third-order valence-electron chi connectivity index (χ3n) is 5.32. The number of nitrogens with one attached hydrogen (secondary N) is 1. The van der Waals surface area contributed by atoms with Crippen LogP contribution in [0.1, 0.15) is 69.6 Å². The monoisotopic (exact) mass is 398 g/mol. The molecule has 0 fully saturated rings. The molecule has 0 aliphatic carbocycles. The number of rotatable bonds is 11. The second-order valence-corrected chi connectivity index (χ2v) is 8.99. The standard InChI is InChI=1S/C25H35BF2N/c1-17(2)13-18(3)9-7-10-19(4)22-12-8-11-21-14-24(26-16-23(21)22)29-20(5)15-25(6,27)28/h8,11-12,17,24,29H,3-5,7,9-10,13-16H2,1-2,6H3. The molecule has 0 saturated carbocycles. The lowest BCUT2D eigenvalue weighted by atomic mass is 9.57. The number of alkyl halides is 2. The highest BCUT2D eigenvalue weighted by Crippen LogP contribution is 2.30. The maximum absolute atomic E-state index is 13.2. The van der Waals surface area contributed by atoms with Gasteiger partial charge in [-0.1, -0.05) is 63.7 Å². The molecule has 0 saturated heterocycles. The summed E-state index contributed by atoms with van der Waals surface area (Å²) < 4.78 is 26.4. The van der Waals surface area contributed by atoms with Crippen LogP contribution in [0.5, 0.6) is 0 Å². The van der Waals surface area contributed by atoms with Crippen LogP contribution in [0, 0.1) is 5.92 Å². The molecular weight excluding hydrogens is 363 g/mol. The fraction of sp³-hybridized carbons (Fsp3) is 0.520. The van der Waals surface area contributed by atoms with Crippen molar-refractivity contribution in [3.05, 3.63) is 65.9 Å². The van der Waals surface area contributed by atoms with Gasteiger partial charge in [0.2, 0.25) is 0 Å². The first-order chi connectivity index (χ1) is 13.5. The minimum absolute atomic E-state index is 0.0419. The molecule has 0 spiro atoms. The Hall–Kier alpha value is -1.84. The predicted octanol–water partition coefficient (Wildman–Crippen LogP) is 6.71. The van der Waals surface area contributed by atoms with Gasteiger partial charge in [0.05, 0.1) is 6.42 Å². The predicted molar refractivity (Wildman–Crippen MR) is 122 cm³/mol. The quantitative estimate of drug-likeness (QED) is 0.323. The largest absolute Gasteiger partial charge is 0.394 e. The molecule has 1 aliphatic heterocycles. The van der Waals surface area contributed by atoms with E-state index in [1.54, 1.807) is 0 Å². The first kappa shape index (κ1) is 23.4. The van der Waals surface area contributed by atoms with Crippen LogP contribution in [0.3, 0.4) is 0 Å². The smallest absolute Gasteiger partial charge is 0.250 e. The molecule has 4 heteroatoms. The molecule has 1 N–H and O–H groups in total. The Morgan fingerprint density at radius 1 is 1.24 bits per heavy atom. The average Bonchev–Trinajstić information content (AvgIpc) is 2.58. The van der Waals surface area contributed by atoms with Gasteiger partial charge in [0.15, 0.2) is 0 Å². The van der Waals surface area contributed by atoms with Crippen molar-refractivity contribution in [1.29, 1.82) is 0 Å². The van der Waals surface area contributed by atoms with E-state index in [9.17, 15) is 8.78 Å². The lowest BCUT2D eigenvalue weighted by Gasteiger charge is -2.29. The SMILES string of the molecule is C=C(CCCC(=C)c1cccc2c1C[B]C(NC(=C)CC(C)(F)F)C2)CC(C)C. The summed E-state index contributed by atoms with van der Waals surface area (Å²) in [5.41, 5.74) is 6.72. The van der Waals surface area contributed by atoms with E-state index in [1.165, 1.54) is 27.8 Å². The highest BCUT2D eigenvalue weighted by molar-refractivity contribution is 6.38. The summed E-state index contributed by atoms with van der Waals surface area (Å²) in [6, 6.07) is 6.37. The summed E-state index contributed by atoms with van der Waals surface area (Å²) in [6.45, 7) is 17.7. The zero-order chi connectivity index (χ0) is 21.6. The van der Waals surface area contributed by atoms with E-state index >= 15 is 0 Å². The van der Waals surface area contributed by atoms with Crippen LogP contribution in [0.4, 0.5) is 8.78 Å². The fourth-order valence-electron chi connectivity index (χ4n) is 4.14. The van der Waals surface area contributed by atoms with Gasteiger partial charge in [-0.2, -0.15) is 0 Å². The molecule has 2 rings (SSSR count). The first-order valence-corrected chi connectivity index (χ1v) is 10.7. The fourth-order valence-corrected chi connectivity index (χ4v) is 4.14. The minimum atomic E-state index is -2.73. The van der Waals surface area contributed by atoms with E-state index in [0.717, 1.165) is 45.3 Å². The van der Waals surface area contributed by atoms with Crippen molar-refractivity contribution in [2.75, 3.05) is 0 Å². The molecular formula is C25H35BF2N. The van der Waals surface area contributed by atoms with Gasteiger partial charge in [-0.25, -0.2) is 8.78 Å². The molecule has 1 aliphatic rings. The van der Waals surface area contributed by atoms with Gasteiger partial charge in [-0.05, 0) is 73.2 Å². The second kappa shape index (κ2) is 10.3. The molecule has 1 nitrogen and oxygen atoms in total. The normalized spacial score (nSPS) is 16.1. The van der Waals surface area contributed by atoms with Crippen LogP contribution in [-0.4, -0.2) is 19.1 Å². The average molecular weight is 398 g/mol. The lowest BCUT2D eigenvalue weighted by molar-refractivity contribution is 0.0211. The van der Waals surface area contributed by atoms with Gasteiger partial charge in [-0.15, -0.1) is 0 Å². The van der Waals surface area contributed by atoms with E-state index < -0.39 is 5.92 Å². The molecule has 29 heavy (non-hydrogen) atoms. The van der Waals surface area contributed by atoms with Crippen molar-refractivity contribution < 1.29 is 8.78 Å². The van der Waals surface area contributed by atoms with Gasteiger partial charge in [0.25, 0.3) is 5.92 Å². The zero-order valence-electron chi connectivity index (χ0n) is 18.3. The van der Waals surface area contributed by atoms with Crippen molar-refractivity contribution in [3.63, 3.8) is 0 Å². The molecule has 0 amide bonds. The summed E-state index contributed by atoms with van der Waals surface area (Å²) in [4.78, 5) is 0. The molecule has 157 valence electrons. The maximum atomic E-state index is 13.2. The number of hydrogen-bond acceptors (Lipinski definition) is 1.